The molecule has 0 rings (SSSR count). The Bertz CT molecular complexity index is 625. The smallest absolute Gasteiger partial charge is 0.229 e. The number of alkyl halides is 14. The molecule has 0 fully saturated rings. The molecule has 0 aliphatic carbocycles. The summed E-state index contributed by atoms with van der Waals surface area (Å²) in [6.07, 6.45) is -10.3. The van der Waals surface area contributed by atoms with E-state index in [4.69, 9.17) is 11.6 Å². The summed E-state index contributed by atoms with van der Waals surface area (Å²) in [4.78, 5) is 0. The Balaban J connectivity index is 6.02. The zero-order valence-corrected chi connectivity index (χ0v) is 13.9. The van der Waals surface area contributed by atoms with Gasteiger partial charge in [0.05, 0.1) is 11.5 Å². The van der Waals surface area contributed by atoms with Crippen LogP contribution in [0.1, 0.15) is 6.42 Å². The van der Waals surface area contributed by atoms with Gasteiger partial charge in [0.1, 0.15) is 0 Å². The van der Waals surface area contributed by atoms with Gasteiger partial charge in [-0.1, -0.05) is 0 Å². The molecule has 0 aromatic rings. The van der Waals surface area contributed by atoms with Gasteiger partial charge in [-0.3, -0.25) is 0 Å². The normalized spacial score (nSPS) is 15.9. The van der Waals surface area contributed by atoms with Gasteiger partial charge >= 0.3 is 35.8 Å². The highest BCUT2D eigenvalue weighted by atomic mass is 35.5. The molecule has 0 atom stereocenters. The van der Waals surface area contributed by atoms with E-state index in [9.17, 15) is 65.5 Å². The van der Waals surface area contributed by atoms with Crippen LogP contribution in [0.2, 0.25) is 0 Å². The van der Waals surface area contributed by atoms with Crippen LogP contribution in [0.4, 0.5) is 57.1 Å². The summed E-state index contributed by atoms with van der Waals surface area (Å²) in [7, 11) is -4.66. The fourth-order valence-electron chi connectivity index (χ4n) is 1.46. The summed E-state index contributed by atoms with van der Waals surface area (Å²) >= 11 is 4.93. The van der Waals surface area contributed by atoms with Crippen molar-refractivity contribution in [3.8, 4) is 0 Å². The molecule has 0 amide bonds. The quantitative estimate of drug-likeness (QED) is 0.356. The van der Waals surface area contributed by atoms with Gasteiger partial charge in [-0.15, -0.1) is 11.6 Å². The van der Waals surface area contributed by atoms with E-state index in [0.717, 1.165) is 0 Å². The largest absolute Gasteiger partial charge is 0.460 e. The van der Waals surface area contributed by atoms with Crippen molar-refractivity contribution in [3.05, 3.63) is 0 Å². The summed E-state index contributed by atoms with van der Waals surface area (Å²) in [5, 5.41) is 0. The Morgan fingerprint density at radius 2 is 0.963 bits per heavy atom. The molecule has 0 aliphatic heterocycles. The van der Waals surface area contributed by atoms with Gasteiger partial charge in [0.15, 0.2) is 9.84 Å². The predicted octanol–water partition coefficient (Wildman–Crippen LogP) is 4.77. The van der Waals surface area contributed by atoms with Crippen LogP contribution in [-0.2, 0) is 9.84 Å². The maximum atomic E-state index is 13.3. The molecule has 0 aromatic heterocycles. The first kappa shape index (κ1) is 26.3. The average molecular weight is 475 g/mol. The Kier molecular flexibility index (Phi) is 7.12. The second kappa shape index (κ2) is 7.30. The summed E-state index contributed by atoms with van der Waals surface area (Å²) in [5.41, 5.74) is 0. The van der Waals surface area contributed by atoms with Gasteiger partial charge in [-0.05, 0) is 0 Å². The zero-order valence-electron chi connectivity index (χ0n) is 12.3. The number of sulfone groups is 1. The molecular formula is C10H8ClF13O2S. The Morgan fingerprint density at radius 1 is 0.593 bits per heavy atom. The van der Waals surface area contributed by atoms with Crippen molar-refractivity contribution in [1.29, 1.82) is 0 Å². The van der Waals surface area contributed by atoms with E-state index in [1.165, 1.54) is 0 Å². The third kappa shape index (κ3) is 4.50. The van der Waals surface area contributed by atoms with Gasteiger partial charge < -0.3 is 0 Å². The van der Waals surface area contributed by atoms with Gasteiger partial charge in [-0.25, -0.2) is 8.42 Å². The molecule has 164 valence electrons. The highest BCUT2D eigenvalue weighted by Crippen LogP contribution is 2.60. The number of rotatable bonds is 9. The molecule has 0 saturated carbocycles. The second-order valence-electron chi connectivity index (χ2n) is 5.09. The molecule has 27 heavy (non-hydrogen) atoms. The molecular weight excluding hydrogens is 467 g/mol. The summed E-state index contributed by atoms with van der Waals surface area (Å²) in [6, 6.07) is 0. The standard InChI is InChI=1S/C10H8ClF13O2S/c11-2-4-27(25,26)3-1-5(12,13)6(14,15)7(16,17)8(18,19)9(20,21)10(22,23)24/h1-4H2. The summed E-state index contributed by atoms with van der Waals surface area (Å²) in [5.74, 6) is -41.5. The summed E-state index contributed by atoms with van der Waals surface area (Å²) in [6.45, 7) is 0. The van der Waals surface area contributed by atoms with E-state index in [1.54, 1.807) is 0 Å². The SMILES string of the molecule is O=S(=O)(CCCl)CCC(F)(F)C(F)(F)C(F)(F)C(F)(F)C(F)(F)C(F)(F)F. The van der Waals surface area contributed by atoms with E-state index in [-0.39, 0.29) is 0 Å². The summed E-state index contributed by atoms with van der Waals surface area (Å²) < 4.78 is 188. The van der Waals surface area contributed by atoms with Crippen molar-refractivity contribution in [2.24, 2.45) is 0 Å². The van der Waals surface area contributed by atoms with E-state index in [0.29, 0.717) is 0 Å². The third-order valence-electron chi connectivity index (χ3n) is 3.11. The lowest BCUT2D eigenvalue weighted by Crippen LogP contribution is -2.70. The molecule has 0 N–H and O–H groups in total. The van der Waals surface area contributed by atoms with Crippen LogP contribution in [0.5, 0.6) is 0 Å². The van der Waals surface area contributed by atoms with E-state index in [1.807, 2.05) is 0 Å². The molecule has 0 unspecified atom stereocenters. The first-order valence-electron chi connectivity index (χ1n) is 6.24. The first-order valence-corrected chi connectivity index (χ1v) is 8.59. The molecule has 0 aliphatic rings. The van der Waals surface area contributed by atoms with Crippen molar-refractivity contribution < 1.29 is 65.5 Å². The van der Waals surface area contributed by atoms with Gasteiger partial charge in [-0.2, -0.15) is 57.1 Å². The molecule has 0 aromatic carbocycles. The van der Waals surface area contributed by atoms with Crippen molar-refractivity contribution in [3.63, 3.8) is 0 Å². The van der Waals surface area contributed by atoms with Crippen LogP contribution in [0.25, 0.3) is 0 Å². The van der Waals surface area contributed by atoms with E-state index in [2.05, 4.69) is 0 Å². The fraction of sp³-hybridized carbons (Fsp3) is 1.00. The molecule has 2 nitrogen and oxygen atoms in total. The van der Waals surface area contributed by atoms with Crippen LogP contribution in [0.15, 0.2) is 0 Å². The Hall–Kier alpha value is -0.670. The van der Waals surface area contributed by atoms with Crippen LogP contribution in [0.3, 0.4) is 0 Å². The number of halogens is 14. The maximum absolute atomic E-state index is 13.3. The van der Waals surface area contributed by atoms with Gasteiger partial charge in [0.2, 0.25) is 0 Å². The molecule has 0 spiro atoms. The van der Waals surface area contributed by atoms with E-state index >= 15 is 0 Å². The van der Waals surface area contributed by atoms with Gasteiger partial charge in [0.25, 0.3) is 0 Å². The van der Waals surface area contributed by atoms with Crippen LogP contribution < -0.4 is 0 Å². The van der Waals surface area contributed by atoms with Crippen molar-refractivity contribution >= 4 is 21.4 Å². The van der Waals surface area contributed by atoms with Crippen LogP contribution in [0, 0.1) is 0 Å². The third-order valence-corrected chi connectivity index (χ3v) is 5.18. The monoisotopic (exact) mass is 474 g/mol. The molecule has 17 heteroatoms. The second-order valence-corrected chi connectivity index (χ2v) is 7.77. The lowest BCUT2D eigenvalue weighted by atomic mass is 9.93. The van der Waals surface area contributed by atoms with Crippen LogP contribution in [-0.4, -0.2) is 61.6 Å². The predicted molar refractivity (Wildman–Crippen MR) is 64.8 cm³/mol. The topological polar surface area (TPSA) is 34.1 Å². The minimum absolute atomic E-state index is 0.754. The van der Waals surface area contributed by atoms with Crippen molar-refractivity contribution in [2.75, 3.05) is 17.4 Å². The Morgan fingerprint density at radius 3 is 1.30 bits per heavy atom. The first-order chi connectivity index (χ1) is 11.5. The molecule has 0 saturated heterocycles. The van der Waals surface area contributed by atoms with Crippen LogP contribution >= 0.6 is 11.6 Å². The number of hydrogen-bond donors (Lipinski definition) is 0. The molecule has 0 radical (unpaired) electrons. The molecule has 0 bridgehead atoms. The lowest BCUT2D eigenvalue weighted by molar-refractivity contribution is -0.439. The van der Waals surface area contributed by atoms with Gasteiger partial charge in [0, 0.05) is 12.3 Å². The van der Waals surface area contributed by atoms with Crippen molar-refractivity contribution in [2.45, 2.75) is 42.2 Å². The zero-order chi connectivity index (χ0) is 22.3. The highest BCUT2D eigenvalue weighted by Gasteiger charge is 2.90. The lowest BCUT2D eigenvalue weighted by Gasteiger charge is -2.39. The fourth-order valence-corrected chi connectivity index (χ4v) is 3.17. The Labute approximate surface area is 147 Å². The van der Waals surface area contributed by atoms with E-state index < -0.39 is 69.4 Å². The maximum Gasteiger partial charge on any atom is 0.460 e. The van der Waals surface area contributed by atoms with Crippen molar-refractivity contribution in [1.82, 2.24) is 0 Å². The molecule has 0 heterocycles. The highest BCUT2D eigenvalue weighted by molar-refractivity contribution is 7.91. The number of hydrogen-bond acceptors (Lipinski definition) is 2. The average Bonchev–Trinajstić information content (AvgIpc) is 2.43. The minimum Gasteiger partial charge on any atom is -0.229 e. The minimum atomic E-state index is -8.00.